The number of nitrogens with one attached hydrogen (secondary N) is 1. The van der Waals surface area contributed by atoms with E-state index in [0.717, 1.165) is 25.0 Å². The third-order valence-electron chi connectivity index (χ3n) is 3.57. The fourth-order valence-corrected chi connectivity index (χ4v) is 2.46. The molecule has 1 fully saturated rings. The van der Waals surface area contributed by atoms with Crippen molar-refractivity contribution in [3.63, 3.8) is 0 Å². The van der Waals surface area contributed by atoms with E-state index in [1.165, 1.54) is 18.4 Å². The van der Waals surface area contributed by atoms with Crippen LogP contribution in [0.2, 0.25) is 0 Å². The molecule has 1 amide bonds. The predicted molar refractivity (Wildman–Crippen MR) is 78.0 cm³/mol. The minimum atomic E-state index is 0.00887. The Morgan fingerprint density at radius 3 is 2.89 bits per heavy atom. The molecular formula is C16H22N2O. The third kappa shape index (κ3) is 4.86. The highest BCUT2D eigenvalue weighted by molar-refractivity contribution is 5.87. The molecule has 102 valence electrons. The van der Waals surface area contributed by atoms with Crippen LogP contribution in [0.1, 0.15) is 44.6 Å². The van der Waals surface area contributed by atoms with Crippen molar-refractivity contribution in [3.8, 4) is 0 Å². The average Bonchev–Trinajstić information content (AvgIpc) is 2.44. The average molecular weight is 258 g/mol. The second-order valence-corrected chi connectivity index (χ2v) is 5.40. The van der Waals surface area contributed by atoms with E-state index < -0.39 is 0 Å². The molecule has 1 aromatic rings. The first kappa shape index (κ1) is 13.8. The van der Waals surface area contributed by atoms with Crippen molar-refractivity contribution in [2.24, 2.45) is 11.0 Å². The second-order valence-electron chi connectivity index (χ2n) is 5.40. The van der Waals surface area contributed by atoms with Gasteiger partial charge < -0.3 is 0 Å². The summed E-state index contributed by atoms with van der Waals surface area (Å²) in [6.07, 6.45) is 5.80. The van der Waals surface area contributed by atoms with Gasteiger partial charge in [0.1, 0.15) is 0 Å². The van der Waals surface area contributed by atoms with Gasteiger partial charge in [-0.25, -0.2) is 5.43 Å². The monoisotopic (exact) mass is 258 g/mol. The topological polar surface area (TPSA) is 41.5 Å². The van der Waals surface area contributed by atoms with E-state index >= 15 is 0 Å². The molecule has 3 nitrogen and oxygen atoms in total. The van der Waals surface area contributed by atoms with E-state index in [2.05, 4.69) is 17.5 Å². The number of benzene rings is 1. The molecule has 0 spiro atoms. The number of aryl methyl sites for hydroxylation is 1. The van der Waals surface area contributed by atoms with Crippen molar-refractivity contribution in [1.29, 1.82) is 0 Å². The summed E-state index contributed by atoms with van der Waals surface area (Å²) in [4.78, 5) is 11.7. The summed E-state index contributed by atoms with van der Waals surface area (Å²) in [5.74, 6) is 0.711. The molecular weight excluding hydrogens is 236 g/mol. The highest BCUT2D eigenvalue weighted by atomic mass is 16.2. The van der Waals surface area contributed by atoms with Crippen LogP contribution in [0, 0.1) is 5.92 Å². The van der Waals surface area contributed by atoms with E-state index in [1.54, 1.807) is 0 Å². The van der Waals surface area contributed by atoms with Crippen LogP contribution in [-0.4, -0.2) is 11.6 Å². The number of nitrogens with zero attached hydrogens (tertiary/aromatic N) is 1. The highest BCUT2D eigenvalue weighted by Crippen LogP contribution is 2.20. The molecule has 0 unspecified atom stereocenters. The van der Waals surface area contributed by atoms with E-state index in [9.17, 15) is 4.79 Å². The van der Waals surface area contributed by atoms with Crippen LogP contribution in [0.5, 0.6) is 0 Å². The quantitative estimate of drug-likeness (QED) is 0.827. The van der Waals surface area contributed by atoms with E-state index in [1.807, 2.05) is 30.3 Å². The van der Waals surface area contributed by atoms with Crippen LogP contribution < -0.4 is 5.43 Å². The van der Waals surface area contributed by atoms with Gasteiger partial charge >= 0.3 is 0 Å². The maximum Gasteiger partial charge on any atom is 0.240 e. The Hall–Kier alpha value is -1.64. The molecule has 0 aromatic heterocycles. The van der Waals surface area contributed by atoms with Gasteiger partial charge in [-0.1, -0.05) is 37.3 Å². The summed E-state index contributed by atoms with van der Waals surface area (Å²) >= 11 is 0. The summed E-state index contributed by atoms with van der Waals surface area (Å²) in [7, 11) is 0. The molecule has 0 radical (unpaired) electrons. The SMILES string of the molecule is C[C@@H]1CCC/C(=N/NC(=O)CCc2ccccc2)C1. The number of rotatable bonds is 4. The molecule has 1 saturated carbocycles. The standard InChI is InChI=1S/C16H22N2O/c1-13-6-5-9-15(12-13)17-18-16(19)11-10-14-7-3-2-4-8-14/h2-4,7-8,13H,5-6,9-12H2,1H3,(H,18,19)/b17-15-/t13-/m1/s1. The van der Waals surface area contributed by atoms with Crippen molar-refractivity contribution < 1.29 is 4.79 Å². The Labute approximate surface area is 115 Å². The van der Waals surface area contributed by atoms with E-state index in [-0.39, 0.29) is 5.91 Å². The number of hydrogen-bond acceptors (Lipinski definition) is 2. The zero-order chi connectivity index (χ0) is 13.5. The van der Waals surface area contributed by atoms with Crippen LogP contribution in [0.3, 0.4) is 0 Å². The van der Waals surface area contributed by atoms with E-state index in [0.29, 0.717) is 12.3 Å². The second kappa shape index (κ2) is 7.07. The van der Waals surface area contributed by atoms with Gasteiger partial charge in [-0.2, -0.15) is 5.10 Å². The fraction of sp³-hybridized carbons (Fsp3) is 0.500. The maximum absolute atomic E-state index is 11.7. The molecule has 1 N–H and O–H groups in total. The van der Waals surface area contributed by atoms with Crippen LogP contribution in [0.15, 0.2) is 35.4 Å². The molecule has 1 aliphatic carbocycles. The molecule has 3 heteroatoms. The van der Waals surface area contributed by atoms with Crippen LogP contribution in [0.4, 0.5) is 0 Å². The molecule has 0 saturated heterocycles. The van der Waals surface area contributed by atoms with Crippen molar-refractivity contribution in [2.45, 2.75) is 45.4 Å². The van der Waals surface area contributed by atoms with Gasteiger partial charge in [-0.05, 0) is 43.6 Å². The van der Waals surface area contributed by atoms with Crippen molar-refractivity contribution in [2.75, 3.05) is 0 Å². The Kier molecular flexibility index (Phi) is 5.13. The molecule has 1 aromatic carbocycles. The Balaban J connectivity index is 1.74. The zero-order valence-electron chi connectivity index (χ0n) is 11.6. The summed E-state index contributed by atoms with van der Waals surface area (Å²) < 4.78 is 0. The van der Waals surface area contributed by atoms with Gasteiger partial charge in [0.2, 0.25) is 5.91 Å². The van der Waals surface area contributed by atoms with Gasteiger partial charge in [-0.15, -0.1) is 0 Å². The molecule has 19 heavy (non-hydrogen) atoms. The smallest absolute Gasteiger partial charge is 0.240 e. The molecule has 2 rings (SSSR count). The van der Waals surface area contributed by atoms with Crippen molar-refractivity contribution in [3.05, 3.63) is 35.9 Å². The molecule has 0 bridgehead atoms. The van der Waals surface area contributed by atoms with Crippen molar-refractivity contribution in [1.82, 2.24) is 5.43 Å². The Morgan fingerprint density at radius 2 is 2.16 bits per heavy atom. The van der Waals surface area contributed by atoms with Gasteiger partial charge in [-0.3, -0.25) is 4.79 Å². The summed E-state index contributed by atoms with van der Waals surface area (Å²) in [5, 5.41) is 4.26. The minimum Gasteiger partial charge on any atom is -0.273 e. The van der Waals surface area contributed by atoms with Gasteiger partial charge in [0.15, 0.2) is 0 Å². The first-order valence-electron chi connectivity index (χ1n) is 7.12. The first-order chi connectivity index (χ1) is 9.24. The van der Waals surface area contributed by atoms with Crippen molar-refractivity contribution >= 4 is 11.6 Å². The number of carbonyl (C=O) groups is 1. The number of amides is 1. The molecule has 1 aliphatic rings. The number of hydrogen-bond donors (Lipinski definition) is 1. The summed E-state index contributed by atoms with van der Waals surface area (Å²) in [6, 6.07) is 10.1. The summed E-state index contributed by atoms with van der Waals surface area (Å²) in [5.41, 5.74) is 5.03. The third-order valence-corrected chi connectivity index (χ3v) is 3.57. The molecule has 1 atom stereocenters. The number of hydrazone groups is 1. The lowest BCUT2D eigenvalue weighted by Gasteiger charge is -2.18. The molecule has 0 aliphatic heterocycles. The summed E-state index contributed by atoms with van der Waals surface area (Å²) in [6.45, 7) is 2.24. The van der Waals surface area contributed by atoms with Gasteiger partial charge in [0.05, 0.1) is 0 Å². The Morgan fingerprint density at radius 1 is 1.37 bits per heavy atom. The zero-order valence-corrected chi connectivity index (χ0v) is 11.6. The van der Waals surface area contributed by atoms with Crippen LogP contribution in [0.25, 0.3) is 0 Å². The predicted octanol–water partition coefficient (Wildman–Crippen LogP) is 3.30. The Bertz CT molecular complexity index is 439. The maximum atomic E-state index is 11.7. The fourth-order valence-electron chi connectivity index (χ4n) is 2.46. The highest BCUT2D eigenvalue weighted by Gasteiger charge is 2.14. The normalized spacial score (nSPS) is 21.3. The lowest BCUT2D eigenvalue weighted by molar-refractivity contribution is -0.121. The van der Waals surface area contributed by atoms with Gasteiger partial charge in [0.25, 0.3) is 0 Å². The van der Waals surface area contributed by atoms with Crippen LogP contribution in [-0.2, 0) is 11.2 Å². The molecule has 0 heterocycles. The minimum absolute atomic E-state index is 0.00887. The lowest BCUT2D eigenvalue weighted by atomic mass is 9.89. The van der Waals surface area contributed by atoms with Gasteiger partial charge in [0, 0.05) is 12.1 Å². The van der Waals surface area contributed by atoms with E-state index in [4.69, 9.17) is 0 Å². The number of carbonyl (C=O) groups excluding carboxylic acids is 1. The van der Waals surface area contributed by atoms with Crippen LogP contribution >= 0.6 is 0 Å². The largest absolute Gasteiger partial charge is 0.273 e. The lowest BCUT2D eigenvalue weighted by Crippen LogP contribution is -2.22. The first-order valence-corrected chi connectivity index (χ1v) is 7.12.